The third-order valence-corrected chi connectivity index (χ3v) is 5.82. The third kappa shape index (κ3) is 4.10. The fraction of sp³-hybridized carbons (Fsp3) is 0.316. The number of hydrogen-bond donors (Lipinski definition) is 3. The van der Waals surface area contributed by atoms with Gasteiger partial charge in [0.05, 0.1) is 12.6 Å². The molecule has 1 aliphatic rings. The first-order chi connectivity index (χ1) is 13.0. The Morgan fingerprint density at radius 3 is 2.57 bits per heavy atom. The zero-order valence-electron chi connectivity index (χ0n) is 15.1. The van der Waals surface area contributed by atoms with Crippen molar-refractivity contribution in [3.8, 4) is 11.4 Å². The largest absolute Gasteiger partial charge is 0.391 e. The highest BCUT2D eigenvalue weighted by molar-refractivity contribution is 7.09. The average molecular weight is 420 g/mol. The Labute approximate surface area is 172 Å². The normalized spacial score (nSPS) is 21.4. The molecule has 0 unspecified atom stereocenters. The quantitative estimate of drug-likeness (QED) is 0.585. The van der Waals surface area contributed by atoms with Crippen LogP contribution in [0.5, 0.6) is 0 Å². The van der Waals surface area contributed by atoms with Crippen LogP contribution in [0.4, 0.5) is 0 Å². The molecular formula is C19H22ClN5O2S. The van der Waals surface area contributed by atoms with E-state index >= 15 is 0 Å². The Kier molecular flexibility index (Phi) is 6.14. The van der Waals surface area contributed by atoms with Gasteiger partial charge in [0, 0.05) is 28.0 Å². The van der Waals surface area contributed by atoms with Crippen molar-refractivity contribution in [2.75, 3.05) is 0 Å². The van der Waals surface area contributed by atoms with E-state index in [1.807, 2.05) is 16.1 Å². The summed E-state index contributed by atoms with van der Waals surface area (Å²) in [5.41, 5.74) is 12.6. The maximum atomic E-state index is 11.3. The molecule has 5 N–H and O–H groups in total. The van der Waals surface area contributed by atoms with Gasteiger partial charge in [-0.25, -0.2) is 9.67 Å². The molecule has 0 bridgehead atoms. The Morgan fingerprint density at radius 2 is 2.00 bits per heavy atom. The van der Waals surface area contributed by atoms with Gasteiger partial charge in [-0.1, -0.05) is 18.2 Å². The first-order valence-corrected chi connectivity index (χ1v) is 9.70. The Hall–Kier alpha value is -2.26. The van der Waals surface area contributed by atoms with E-state index in [4.69, 9.17) is 21.5 Å². The van der Waals surface area contributed by atoms with Crippen LogP contribution in [-0.4, -0.2) is 37.9 Å². The molecular weight excluding hydrogens is 398 g/mol. The van der Waals surface area contributed by atoms with Gasteiger partial charge >= 0.3 is 0 Å². The molecule has 7 nitrogen and oxygen atoms in total. The highest BCUT2D eigenvalue weighted by Crippen LogP contribution is 2.34. The first-order valence-electron chi connectivity index (χ1n) is 8.82. The minimum Gasteiger partial charge on any atom is -0.391 e. The standard InChI is InChI=1S/C19H21N5O2S.ClH/c20-15-8-13(9-16(15)25)19-22-18(12-5-3-11(4-6-12)17(21)26)23-24(19)10-14-2-1-7-27-14;/h1-7,13,15-16,25H,8-10,20H2,(H2,21,26);1H/t13-,15-,16-;/m0./s1. The van der Waals surface area contributed by atoms with E-state index < -0.39 is 12.0 Å². The van der Waals surface area contributed by atoms with Crippen molar-refractivity contribution in [1.82, 2.24) is 14.8 Å². The molecule has 1 aromatic carbocycles. The molecule has 0 aliphatic heterocycles. The van der Waals surface area contributed by atoms with Crippen LogP contribution in [0.25, 0.3) is 11.4 Å². The number of aliphatic hydroxyl groups is 1. The van der Waals surface area contributed by atoms with E-state index in [0.717, 1.165) is 11.4 Å². The molecule has 9 heteroatoms. The molecule has 0 saturated heterocycles. The zero-order valence-corrected chi connectivity index (χ0v) is 16.7. The number of hydrogen-bond acceptors (Lipinski definition) is 6. The van der Waals surface area contributed by atoms with Crippen LogP contribution < -0.4 is 11.5 Å². The van der Waals surface area contributed by atoms with Crippen LogP contribution in [0, 0.1) is 0 Å². The van der Waals surface area contributed by atoms with Gasteiger partial charge in [-0.3, -0.25) is 4.79 Å². The van der Waals surface area contributed by atoms with Gasteiger partial charge in [0.2, 0.25) is 5.91 Å². The van der Waals surface area contributed by atoms with Gasteiger partial charge in [-0.15, -0.1) is 23.7 Å². The van der Waals surface area contributed by atoms with Crippen molar-refractivity contribution in [3.63, 3.8) is 0 Å². The Morgan fingerprint density at radius 1 is 1.25 bits per heavy atom. The van der Waals surface area contributed by atoms with Crippen molar-refractivity contribution in [2.24, 2.45) is 11.5 Å². The van der Waals surface area contributed by atoms with E-state index in [2.05, 4.69) is 6.07 Å². The summed E-state index contributed by atoms with van der Waals surface area (Å²) in [4.78, 5) is 17.2. The van der Waals surface area contributed by atoms with E-state index in [1.165, 1.54) is 4.88 Å². The molecule has 1 amide bonds. The number of benzene rings is 1. The second kappa shape index (κ2) is 8.40. The first kappa shape index (κ1) is 20.5. The number of amides is 1. The smallest absolute Gasteiger partial charge is 0.248 e. The fourth-order valence-corrected chi connectivity index (χ4v) is 4.17. The maximum Gasteiger partial charge on any atom is 0.248 e. The number of halogens is 1. The Bertz CT molecular complexity index is 932. The summed E-state index contributed by atoms with van der Waals surface area (Å²) in [7, 11) is 0. The van der Waals surface area contributed by atoms with Crippen LogP contribution in [0.15, 0.2) is 41.8 Å². The summed E-state index contributed by atoms with van der Waals surface area (Å²) >= 11 is 1.67. The van der Waals surface area contributed by atoms with Gasteiger partial charge in [-0.05, 0) is 36.4 Å². The van der Waals surface area contributed by atoms with Crippen molar-refractivity contribution in [1.29, 1.82) is 0 Å². The molecule has 1 saturated carbocycles. The van der Waals surface area contributed by atoms with E-state index in [-0.39, 0.29) is 24.4 Å². The lowest BCUT2D eigenvalue weighted by atomic mass is 10.1. The van der Waals surface area contributed by atoms with Gasteiger partial charge in [-0.2, -0.15) is 5.10 Å². The summed E-state index contributed by atoms with van der Waals surface area (Å²) in [5, 5.41) is 16.8. The fourth-order valence-electron chi connectivity index (χ4n) is 3.49. The van der Waals surface area contributed by atoms with Crippen LogP contribution in [0.1, 0.15) is 39.8 Å². The highest BCUT2D eigenvalue weighted by Gasteiger charge is 2.34. The summed E-state index contributed by atoms with van der Waals surface area (Å²) in [5.74, 6) is 1.03. The molecule has 0 spiro atoms. The number of nitrogens with zero attached hydrogens (tertiary/aromatic N) is 3. The number of nitrogens with two attached hydrogens (primary N) is 2. The number of aliphatic hydroxyl groups excluding tert-OH is 1. The lowest BCUT2D eigenvalue weighted by Crippen LogP contribution is -2.28. The number of aromatic nitrogens is 3. The Balaban J connectivity index is 0.00000225. The van der Waals surface area contributed by atoms with Crippen molar-refractivity contribution in [2.45, 2.75) is 37.5 Å². The van der Waals surface area contributed by atoms with Crippen LogP contribution in [0.2, 0.25) is 0 Å². The molecule has 28 heavy (non-hydrogen) atoms. The maximum absolute atomic E-state index is 11.3. The monoisotopic (exact) mass is 419 g/mol. The highest BCUT2D eigenvalue weighted by atomic mass is 35.5. The van der Waals surface area contributed by atoms with Gasteiger partial charge < -0.3 is 16.6 Å². The topological polar surface area (TPSA) is 120 Å². The van der Waals surface area contributed by atoms with E-state index in [9.17, 15) is 9.90 Å². The zero-order chi connectivity index (χ0) is 19.0. The number of carbonyl (C=O) groups excluding carboxylic acids is 1. The summed E-state index contributed by atoms with van der Waals surface area (Å²) in [6.07, 6.45) is 0.759. The third-order valence-electron chi connectivity index (χ3n) is 4.96. The summed E-state index contributed by atoms with van der Waals surface area (Å²) in [6, 6.07) is 10.8. The van der Waals surface area contributed by atoms with Gasteiger partial charge in [0.25, 0.3) is 0 Å². The van der Waals surface area contributed by atoms with Gasteiger partial charge in [0.15, 0.2) is 5.82 Å². The number of rotatable bonds is 5. The van der Waals surface area contributed by atoms with E-state index in [1.54, 1.807) is 35.6 Å². The second-order valence-electron chi connectivity index (χ2n) is 6.87. The molecule has 1 aliphatic carbocycles. The van der Waals surface area contributed by atoms with Crippen LogP contribution >= 0.6 is 23.7 Å². The molecule has 3 aromatic rings. The molecule has 0 radical (unpaired) electrons. The summed E-state index contributed by atoms with van der Waals surface area (Å²) < 4.78 is 1.90. The lowest BCUT2D eigenvalue weighted by molar-refractivity contribution is 0.100. The number of primary amides is 1. The molecule has 2 aromatic heterocycles. The molecule has 1 fully saturated rings. The minimum absolute atomic E-state index is 0. The minimum atomic E-state index is -0.514. The van der Waals surface area contributed by atoms with Crippen LogP contribution in [-0.2, 0) is 6.54 Å². The predicted octanol–water partition coefficient (Wildman–Crippen LogP) is 2.14. The number of thiophene rings is 1. The predicted molar refractivity (Wildman–Crippen MR) is 111 cm³/mol. The van der Waals surface area contributed by atoms with Crippen molar-refractivity contribution < 1.29 is 9.90 Å². The molecule has 4 rings (SSSR count). The van der Waals surface area contributed by atoms with Crippen LogP contribution in [0.3, 0.4) is 0 Å². The van der Waals surface area contributed by atoms with Crippen molar-refractivity contribution >= 4 is 29.7 Å². The SMILES string of the molecule is Cl.NC(=O)c1ccc(-c2nc([C@H]3C[C@H](N)[C@@H](O)C3)n(Cc3cccs3)n2)cc1. The van der Waals surface area contributed by atoms with E-state index in [0.29, 0.717) is 30.8 Å². The molecule has 148 valence electrons. The summed E-state index contributed by atoms with van der Waals surface area (Å²) in [6.45, 7) is 0.626. The average Bonchev–Trinajstić information content (AvgIpc) is 3.37. The molecule has 3 atom stereocenters. The molecule has 2 heterocycles. The van der Waals surface area contributed by atoms with Crippen molar-refractivity contribution in [3.05, 3.63) is 58.0 Å². The second-order valence-corrected chi connectivity index (χ2v) is 7.90. The van der Waals surface area contributed by atoms with Gasteiger partial charge in [0.1, 0.15) is 5.82 Å². The number of carbonyl (C=O) groups is 1. The lowest BCUT2D eigenvalue weighted by Gasteiger charge is -2.10.